The van der Waals surface area contributed by atoms with Crippen LogP contribution in [-0.2, 0) is 16.1 Å². The molecule has 17 heavy (non-hydrogen) atoms. The third-order valence-electron chi connectivity index (χ3n) is 2.44. The molecule has 1 aliphatic heterocycles. The summed E-state index contributed by atoms with van der Waals surface area (Å²) >= 11 is 0. The molecule has 0 saturated heterocycles. The predicted octanol–water partition coefficient (Wildman–Crippen LogP) is 0.810. The van der Waals surface area contributed by atoms with Crippen LogP contribution in [0.1, 0.15) is 15.9 Å². The van der Waals surface area contributed by atoms with Crippen molar-refractivity contribution < 1.29 is 19.5 Å². The number of nitrogens with zero attached hydrogens (tertiary/aromatic N) is 1. The highest BCUT2D eigenvalue weighted by atomic mass is 16.4. The summed E-state index contributed by atoms with van der Waals surface area (Å²) in [5.41, 5.74) is 0.881. The highest BCUT2D eigenvalue weighted by Gasteiger charge is 2.23. The molecule has 0 spiro atoms. The van der Waals surface area contributed by atoms with E-state index in [0.717, 1.165) is 4.90 Å². The topological polar surface area (TPSA) is 74.7 Å². The lowest BCUT2D eigenvalue weighted by Gasteiger charge is -2.13. The van der Waals surface area contributed by atoms with E-state index in [2.05, 4.69) is 0 Å². The number of rotatable bonds is 3. The van der Waals surface area contributed by atoms with Gasteiger partial charge < -0.3 is 5.11 Å². The van der Waals surface area contributed by atoms with Crippen LogP contribution in [0.4, 0.5) is 0 Å². The molecule has 1 N–H and O–H groups in total. The number of hydrogen-bond acceptors (Lipinski definition) is 3. The van der Waals surface area contributed by atoms with Crippen LogP contribution in [0, 0.1) is 0 Å². The fourth-order valence-electron chi connectivity index (χ4n) is 1.52. The van der Waals surface area contributed by atoms with Crippen molar-refractivity contribution in [3.63, 3.8) is 0 Å². The molecule has 0 saturated carbocycles. The minimum absolute atomic E-state index is 0.157. The summed E-state index contributed by atoms with van der Waals surface area (Å²) in [5, 5.41) is 8.72. The molecular formula is C12H9NO4. The van der Waals surface area contributed by atoms with Crippen molar-refractivity contribution >= 4 is 17.8 Å². The molecule has 0 atom stereocenters. The Hall–Kier alpha value is -2.43. The first kappa shape index (κ1) is 11.1. The van der Waals surface area contributed by atoms with Gasteiger partial charge in [-0.3, -0.25) is 14.5 Å². The number of imide groups is 1. The molecule has 0 unspecified atom stereocenters. The van der Waals surface area contributed by atoms with Crippen LogP contribution in [0.5, 0.6) is 0 Å². The Kier molecular flexibility index (Phi) is 2.74. The van der Waals surface area contributed by atoms with Crippen LogP contribution < -0.4 is 0 Å². The Morgan fingerprint density at radius 1 is 1.06 bits per heavy atom. The van der Waals surface area contributed by atoms with Crippen LogP contribution in [0.25, 0.3) is 0 Å². The van der Waals surface area contributed by atoms with Crippen LogP contribution in [0.15, 0.2) is 36.4 Å². The van der Waals surface area contributed by atoms with Crippen LogP contribution in [0.2, 0.25) is 0 Å². The number of carboxylic acids is 1. The van der Waals surface area contributed by atoms with Gasteiger partial charge in [-0.05, 0) is 17.7 Å². The average Bonchev–Trinajstić information content (AvgIpc) is 2.61. The Balaban J connectivity index is 2.12. The zero-order valence-corrected chi connectivity index (χ0v) is 8.79. The summed E-state index contributed by atoms with van der Waals surface area (Å²) in [6.45, 7) is 0.157. The second-order valence-electron chi connectivity index (χ2n) is 3.60. The van der Waals surface area contributed by atoms with E-state index in [1.165, 1.54) is 24.3 Å². The molecule has 5 heteroatoms. The molecule has 1 aromatic rings. The van der Waals surface area contributed by atoms with Gasteiger partial charge in [0, 0.05) is 12.2 Å². The van der Waals surface area contributed by atoms with Crippen LogP contribution >= 0.6 is 0 Å². The first-order valence-electron chi connectivity index (χ1n) is 4.94. The van der Waals surface area contributed by atoms with Gasteiger partial charge in [-0.1, -0.05) is 12.1 Å². The number of aromatic carboxylic acids is 1. The Morgan fingerprint density at radius 3 is 2.06 bits per heavy atom. The Labute approximate surface area is 97.0 Å². The normalized spacial score (nSPS) is 14.5. The molecule has 2 rings (SSSR count). The number of hydrogen-bond donors (Lipinski definition) is 1. The van der Waals surface area contributed by atoms with E-state index >= 15 is 0 Å². The van der Waals surface area contributed by atoms with Gasteiger partial charge in [0.05, 0.1) is 12.1 Å². The van der Waals surface area contributed by atoms with Crippen molar-refractivity contribution in [2.45, 2.75) is 6.54 Å². The van der Waals surface area contributed by atoms with E-state index in [9.17, 15) is 14.4 Å². The maximum atomic E-state index is 11.3. The molecule has 5 nitrogen and oxygen atoms in total. The third kappa shape index (κ3) is 2.23. The zero-order chi connectivity index (χ0) is 12.4. The summed E-state index contributed by atoms with van der Waals surface area (Å²) in [5.74, 6) is -1.71. The monoisotopic (exact) mass is 231 g/mol. The smallest absolute Gasteiger partial charge is 0.335 e. The molecule has 0 fully saturated rings. The maximum Gasteiger partial charge on any atom is 0.335 e. The zero-order valence-electron chi connectivity index (χ0n) is 8.79. The van der Waals surface area contributed by atoms with Crippen molar-refractivity contribution in [3.8, 4) is 0 Å². The van der Waals surface area contributed by atoms with E-state index < -0.39 is 5.97 Å². The molecule has 0 aromatic heterocycles. The highest BCUT2D eigenvalue weighted by molar-refractivity contribution is 6.12. The van der Waals surface area contributed by atoms with Gasteiger partial charge in [-0.15, -0.1) is 0 Å². The third-order valence-corrected chi connectivity index (χ3v) is 2.44. The predicted molar refractivity (Wildman–Crippen MR) is 58.1 cm³/mol. The minimum Gasteiger partial charge on any atom is -0.478 e. The summed E-state index contributed by atoms with van der Waals surface area (Å²) in [7, 11) is 0. The van der Waals surface area contributed by atoms with E-state index in [0.29, 0.717) is 5.56 Å². The van der Waals surface area contributed by atoms with Gasteiger partial charge in [0.2, 0.25) is 0 Å². The SMILES string of the molecule is O=C(O)c1ccc(CN2C(=O)C=CC2=O)cc1. The van der Waals surface area contributed by atoms with E-state index in [1.54, 1.807) is 12.1 Å². The lowest BCUT2D eigenvalue weighted by Crippen LogP contribution is -2.29. The van der Waals surface area contributed by atoms with Crippen molar-refractivity contribution in [3.05, 3.63) is 47.5 Å². The van der Waals surface area contributed by atoms with Gasteiger partial charge >= 0.3 is 5.97 Å². The molecule has 1 aromatic carbocycles. The Morgan fingerprint density at radius 2 is 1.59 bits per heavy atom. The molecular weight excluding hydrogens is 222 g/mol. The molecule has 0 radical (unpaired) electrons. The van der Waals surface area contributed by atoms with Gasteiger partial charge in [0.25, 0.3) is 11.8 Å². The summed E-state index contributed by atoms with van der Waals surface area (Å²) < 4.78 is 0. The van der Waals surface area contributed by atoms with Crippen LogP contribution in [-0.4, -0.2) is 27.8 Å². The summed E-state index contributed by atoms with van der Waals surface area (Å²) in [6, 6.07) is 6.05. The van der Waals surface area contributed by atoms with Gasteiger partial charge in [-0.25, -0.2) is 4.79 Å². The van der Waals surface area contributed by atoms with E-state index in [4.69, 9.17) is 5.11 Å². The molecule has 2 amide bonds. The fourth-order valence-corrected chi connectivity index (χ4v) is 1.52. The first-order valence-corrected chi connectivity index (χ1v) is 4.94. The maximum absolute atomic E-state index is 11.3. The van der Waals surface area contributed by atoms with Crippen LogP contribution in [0.3, 0.4) is 0 Å². The number of amides is 2. The van der Waals surface area contributed by atoms with E-state index in [-0.39, 0.29) is 23.9 Å². The largest absolute Gasteiger partial charge is 0.478 e. The molecule has 1 aliphatic rings. The first-order chi connectivity index (χ1) is 8.08. The van der Waals surface area contributed by atoms with Crippen molar-refractivity contribution in [2.75, 3.05) is 0 Å². The second kappa shape index (κ2) is 4.21. The van der Waals surface area contributed by atoms with Gasteiger partial charge in [0.15, 0.2) is 0 Å². The number of carbonyl (C=O) groups is 3. The summed E-state index contributed by atoms with van der Waals surface area (Å²) in [6.07, 6.45) is 2.43. The van der Waals surface area contributed by atoms with Crippen molar-refractivity contribution in [1.29, 1.82) is 0 Å². The lowest BCUT2D eigenvalue weighted by molar-refractivity contribution is -0.137. The average molecular weight is 231 g/mol. The molecule has 0 aliphatic carbocycles. The highest BCUT2D eigenvalue weighted by Crippen LogP contribution is 2.11. The van der Waals surface area contributed by atoms with E-state index in [1.807, 2.05) is 0 Å². The Bertz CT molecular complexity index is 498. The van der Waals surface area contributed by atoms with Crippen molar-refractivity contribution in [2.24, 2.45) is 0 Å². The number of carbonyl (C=O) groups excluding carboxylic acids is 2. The van der Waals surface area contributed by atoms with Gasteiger partial charge in [-0.2, -0.15) is 0 Å². The second-order valence-corrected chi connectivity index (χ2v) is 3.60. The summed E-state index contributed by atoms with van der Waals surface area (Å²) in [4.78, 5) is 34.3. The van der Waals surface area contributed by atoms with Gasteiger partial charge in [0.1, 0.15) is 0 Å². The molecule has 1 heterocycles. The lowest BCUT2D eigenvalue weighted by atomic mass is 10.1. The quantitative estimate of drug-likeness (QED) is 0.781. The molecule has 0 bridgehead atoms. The number of carboxylic acid groups (broad SMARTS) is 1. The fraction of sp³-hybridized carbons (Fsp3) is 0.0833. The van der Waals surface area contributed by atoms with Crippen molar-refractivity contribution in [1.82, 2.24) is 4.90 Å². The standard InChI is InChI=1S/C12H9NO4/c14-10-5-6-11(15)13(10)7-8-1-3-9(4-2-8)12(16)17/h1-6H,7H2,(H,16,17). The number of benzene rings is 1. The minimum atomic E-state index is -1.01. The molecule has 86 valence electrons.